The average molecular weight is 262 g/mol. The van der Waals surface area contributed by atoms with E-state index in [1.165, 1.54) is 31.8 Å². The Labute approximate surface area is 117 Å². The molecule has 0 aromatic heterocycles. The molecule has 2 nitrogen and oxygen atoms in total. The second kappa shape index (κ2) is 10.6. The Bertz CT molecular complexity index is 326. The normalized spacial score (nSPS) is 28.3. The quantitative estimate of drug-likeness (QED) is 0.639. The lowest BCUT2D eigenvalue weighted by atomic mass is 10.1. The van der Waals surface area contributed by atoms with E-state index in [1.807, 2.05) is 18.2 Å². The van der Waals surface area contributed by atoms with Crippen LogP contribution in [0.5, 0.6) is 0 Å². The van der Waals surface area contributed by atoms with E-state index in [9.17, 15) is 4.79 Å². The van der Waals surface area contributed by atoms with E-state index in [0.717, 1.165) is 25.7 Å². The van der Waals surface area contributed by atoms with Gasteiger partial charge in [-0.2, -0.15) is 0 Å². The van der Waals surface area contributed by atoms with Crippen LogP contribution in [0, 0.1) is 0 Å². The Kier molecular flexibility index (Phi) is 8.78. The highest BCUT2D eigenvalue weighted by atomic mass is 16.5. The second-order valence-corrected chi connectivity index (χ2v) is 4.98. The molecule has 0 radical (unpaired) electrons. The van der Waals surface area contributed by atoms with Crippen LogP contribution in [-0.4, -0.2) is 12.1 Å². The highest BCUT2D eigenvalue weighted by molar-refractivity contribution is 5.82. The number of ether oxygens (including phenoxy) is 1. The molecule has 2 heteroatoms. The van der Waals surface area contributed by atoms with Crippen molar-refractivity contribution in [1.82, 2.24) is 0 Å². The van der Waals surface area contributed by atoms with E-state index < -0.39 is 0 Å². The minimum atomic E-state index is -0.229. The number of carbonyl (C=O) groups excluding carboxylic acids is 1. The maximum Gasteiger partial charge on any atom is 0.331 e. The van der Waals surface area contributed by atoms with Crippen LogP contribution in [0.25, 0.3) is 0 Å². The third kappa shape index (κ3) is 8.41. The Morgan fingerprint density at radius 3 is 2.63 bits per heavy atom. The Morgan fingerprint density at radius 1 is 1.05 bits per heavy atom. The molecule has 0 aromatic carbocycles. The smallest absolute Gasteiger partial charge is 0.331 e. The van der Waals surface area contributed by atoms with Gasteiger partial charge >= 0.3 is 5.97 Å². The van der Waals surface area contributed by atoms with Crippen molar-refractivity contribution < 1.29 is 9.53 Å². The summed E-state index contributed by atoms with van der Waals surface area (Å²) in [7, 11) is 0. The lowest BCUT2D eigenvalue weighted by Gasteiger charge is -2.14. The van der Waals surface area contributed by atoms with Crippen LogP contribution in [0.2, 0.25) is 0 Å². The van der Waals surface area contributed by atoms with Gasteiger partial charge in [0.05, 0.1) is 0 Å². The summed E-state index contributed by atoms with van der Waals surface area (Å²) in [5.74, 6) is -0.229. The molecule has 1 atom stereocenters. The minimum absolute atomic E-state index is 0.0777. The van der Waals surface area contributed by atoms with Crippen LogP contribution in [-0.2, 0) is 9.53 Å². The number of allylic oxidation sites excluding steroid dienone is 5. The fraction of sp³-hybridized carbons (Fsp3) is 0.588. The summed E-state index contributed by atoms with van der Waals surface area (Å²) >= 11 is 0. The van der Waals surface area contributed by atoms with E-state index in [4.69, 9.17) is 4.74 Å². The van der Waals surface area contributed by atoms with Gasteiger partial charge in [-0.15, -0.1) is 0 Å². The second-order valence-electron chi connectivity index (χ2n) is 4.98. The van der Waals surface area contributed by atoms with E-state index in [1.54, 1.807) is 6.08 Å². The van der Waals surface area contributed by atoms with E-state index in [-0.39, 0.29) is 12.1 Å². The summed E-state index contributed by atoms with van der Waals surface area (Å²) in [6.07, 6.45) is 20.6. The molecular weight excluding hydrogens is 236 g/mol. The fourth-order valence-corrected chi connectivity index (χ4v) is 2.15. The molecule has 1 rings (SSSR count). The number of esters is 1. The van der Waals surface area contributed by atoms with Crippen molar-refractivity contribution in [1.29, 1.82) is 0 Å². The Balaban J connectivity index is 2.50. The molecule has 1 heterocycles. The third-order valence-corrected chi connectivity index (χ3v) is 3.34. The van der Waals surface area contributed by atoms with Crippen LogP contribution >= 0.6 is 0 Å². The zero-order chi connectivity index (χ0) is 13.8. The lowest BCUT2D eigenvalue weighted by molar-refractivity contribution is -0.143. The highest BCUT2D eigenvalue weighted by Crippen LogP contribution is 2.13. The topological polar surface area (TPSA) is 26.3 Å². The Hall–Kier alpha value is -1.31. The van der Waals surface area contributed by atoms with Crippen molar-refractivity contribution in [3.05, 3.63) is 36.5 Å². The first-order chi connectivity index (χ1) is 9.33. The molecule has 1 aliphatic heterocycles. The van der Waals surface area contributed by atoms with Crippen LogP contribution < -0.4 is 0 Å². The van der Waals surface area contributed by atoms with Gasteiger partial charge in [-0.3, -0.25) is 0 Å². The van der Waals surface area contributed by atoms with Crippen LogP contribution in [0.15, 0.2) is 36.5 Å². The number of hydrogen-bond donors (Lipinski definition) is 0. The molecule has 0 bridgehead atoms. The number of rotatable bonds is 1. The maximum atomic E-state index is 11.6. The largest absolute Gasteiger partial charge is 0.459 e. The maximum absolute atomic E-state index is 11.6. The molecular formula is C17H26O2. The third-order valence-electron chi connectivity index (χ3n) is 3.34. The summed E-state index contributed by atoms with van der Waals surface area (Å²) in [6, 6.07) is 0. The molecule has 0 N–H and O–H groups in total. The van der Waals surface area contributed by atoms with E-state index in [0.29, 0.717) is 0 Å². The number of carbonyl (C=O) groups is 1. The molecule has 0 saturated heterocycles. The molecule has 0 saturated carbocycles. The minimum Gasteiger partial charge on any atom is -0.459 e. The predicted molar refractivity (Wildman–Crippen MR) is 79.9 cm³/mol. The van der Waals surface area contributed by atoms with Crippen molar-refractivity contribution in [2.45, 2.75) is 64.4 Å². The molecule has 0 amide bonds. The van der Waals surface area contributed by atoms with Gasteiger partial charge in [-0.05, 0) is 32.1 Å². The average Bonchev–Trinajstić information content (AvgIpc) is 2.41. The van der Waals surface area contributed by atoms with Crippen LogP contribution in [0.3, 0.4) is 0 Å². The lowest BCUT2D eigenvalue weighted by Crippen LogP contribution is -2.15. The van der Waals surface area contributed by atoms with Crippen LogP contribution in [0.1, 0.15) is 58.3 Å². The highest BCUT2D eigenvalue weighted by Gasteiger charge is 2.09. The molecule has 0 spiro atoms. The standard InChI is InChI=1S/C17H26O2/c1-2-16-14-12-10-8-6-4-3-5-7-9-11-13-15-17(18)19-16/h5,7,9,11,13,15-16H,2-4,6,8,10,12,14H2,1H3/b7-5+,11-9+,15-13+. The van der Waals surface area contributed by atoms with E-state index in [2.05, 4.69) is 13.0 Å². The zero-order valence-electron chi connectivity index (χ0n) is 12.0. The summed E-state index contributed by atoms with van der Waals surface area (Å²) in [5, 5.41) is 0. The zero-order valence-corrected chi connectivity index (χ0v) is 12.0. The summed E-state index contributed by atoms with van der Waals surface area (Å²) < 4.78 is 5.42. The monoisotopic (exact) mass is 262 g/mol. The Morgan fingerprint density at radius 2 is 1.79 bits per heavy atom. The van der Waals surface area contributed by atoms with Gasteiger partial charge in [0.15, 0.2) is 0 Å². The first-order valence-corrected chi connectivity index (χ1v) is 7.53. The van der Waals surface area contributed by atoms with Gasteiger partial charge in [-0.25, -0.2) is 4.79 Å². The summed E-state index contributed by atoms with van der Waals surface area (Å²) in [5.41, 5.74) is 0. The molecule has 19 heavy (non-hydrogen) atoms. The van der Waals surface area contributed by atoms with Gasteiger partial charge in [-0.1, -0.05) is 56.6 Å². The van der Waals surface area contributed by atoms with E-state index >= 15 is 0 Å². The van der Waals surface area contributed by atoms with Crippen molar-refractivity contribution in [3.63, 3.8) is 0 Å². The molecule has 1 aliphatic rings. The van der Waals surface area contributed by atoms with Crippen LogP contribution in [0.4, 0.5) is 0 Å². The molecule has 0 aromatic rings. The predicted octanol–water partition coefficient (Wildman–Crippen LogP) is 4.72. The first kappa shape index (κ1) is 15.7. The number of cyclic esters (lactones) is 1. The molecule has 106 valence electrons. The van der Waals surface area contributed by atoms with Gasteiger partial charge in [0, 0.05) is 6.08 Å². The molecule has 0 fully saturated rings. The van der Waals surface area contributed by atoms with Crippen molar-refractivity contribution >= 4 is 5.97 Å². The molecule has 0 aliphatic carbocycles. The molecule has 1 unspecified atom stereocenters. The first-order valence-electron chi connectivity index (χ1n) is 7.53. The fourth-order valence-electron chi connectivity index (χ4n) is 2.15. The van der Waals surface area contributed by atoms with Crippen molar-refractivity contribution in [2.24, 2.45) is 0 Å². The SMILES string of the molecule is CCC1CCCCCCC/C=C/C=C/C=C/C(=O)O1. The van der Waals surface area contributed by atoms with Gasteiger partial charge in [0.2, 0.25) is 0 Å². The van der Waals surface area contributed by atoms with Crippen molar-refractivity contribution in [2.75, 3.05) is 0 Å². The number of hydrogen-bond acceptors (Lipinski definition) is 2. The van der Waals surface area contributed by atoms with Crippen molar-refractivity contribution in [3.8, 4) is 0 Å². The van der Waals surface area contributed by atoms with Gasteiger partial charge in [0.25, 0.3) is 0 Å². The van der Waals surface area contributed by atoms with Gasteiger partial charge in [0.1, 0.15) is 6.10 Å². The van der Waals surface area contributed by atoms with Gasteiger partial charge < -0.3 is 4.74 Å². The summed E-state index contributed by atoms with van der Waals surface area (Å²) in [4.78, 5) is 11.6. The summed E-state index contributed by atoms with van der Waals surface area (Å²) in [6.45, 7) is 2.07.